The van der Waals surface area contributed by atoms with Crippen LogP contribution in [0, 0.1) is 18.3 Å². The molecule has 0 atom stereocenters. The van der Waals surface area contributed by atoms with Crippen molar-refractivity contribution in [2.45, 2.75) is 6.92 Å². The third kappa shape index (κ3) is 3.84. The van der Waals surface area contributed by atoms with Crippen LogP contribution in [0.5, 0.6) is 5.75 Å². The summed E-state index contributed by atoms with van der Waals surface area (Å²) in [5.74, 6) is 2.06. The highest BCUT2D eigenvalue weighted by Gasteiger charge is 2.22. The maximum atomic E-state index is 9.77. The number of aryl methyl sites for hydroxylation is 1. The van der Waals surface area contributed by atoms with E-state index in [-0.39, 0.29) is 0 Å². The molecule has 0 unspecified atom stereocenters. The molecule has 6 rings (SSSR count). The zero-order valence-electron chi connectivity index (χ0n) is 19.8. The van der Waals surface area contributed by atoms with Gasteiger partial charge >= 0.3 is 0 Å². The fourth-order valence-corrected chi connectivity index (χ4v) is 5.11. The lowest BCUT2D eigenvalue weighted by Gasteiger charge is -2.36. The average Bonchev–Trinajstić information content (AvgIpc) is 3.28. The molecule has 0 bridgehead atoms. The van der Waals surface area contributed by atoms with Gasteiger partial charge in [0.05, 0.1) is 16.6 Å². The Kier molecular flexibility index (Phi) is 5.48. The molecule has 6 nitrogen and oxygen atoms in total. The molecule has 1 saturated heterocycles. The molecule has 35 heavy (non-hydrogen) atoms. The van der Waals surface area contributed by atoms with Crippen LogP contribution in [0.25, 0.3) is 27.5 Å². The maximum absolute atomic E-state index is 9.77. The number of nitrogens with zero attached hydrogens (tertiary/aromatic N) is 5. The van der Waals surface area contributed by atoms with E-state index in [1.54, 1.807) is 0 Å². The molecule has 0 radical (unpaired) electrons. The van der Waals surface area contributed by atoms with Gasteiger partial charge in [0.15, 0.2) is 5.65 Å². The van der Waals surface area contributed by atoms with Gasteiger partial charge in [-0.25, -0.2) is 4.98 Å². The number of aromatic nitrogens is 2. The molecule has 1 fully saturated rings. The fourth-order valence-electron chi connectivity index (χ4n) is 5.11. The first-order chi connectivity index (χ1) is 17.2. The minimum absolute atomic E-state index is 0.647. The van der Waals surface area contributed by atoms with Gasteiger partial charge in [-0.05, 0) is 42.1 Å². The van der Waals surface area contributed by atoms with Gasteiger partial charge in [0, 0.05) is 38.1 Å². The number of hydrogen-bond acceptors (Lipinski definition) is 5. The summed E-state index contributed by atoms with van der Waals surface area (Å²) in [4.78, 5) is 9.67. The first kappa shape index (κ1) is 21.5. The van der Waals surface area contributed by atoms with E-state index in [0.717, 1.165) is 71.9 Å². The van der Waals surface area contributed by atoms with Crippen molar-refractivity contribution in [2.75, 3.05) is 44.2 Å². The van der Waals surface area contributed by atoms with Crippen molar-refractivity contribution in [3.63, 3.8) is 0 Å². The van der Waals surface area contributed by atoms with Crippen molar-refractivity contribution in [1.82, 2.24) is 14.3 Å². The Bertz CT molecular complexity index is 1570. The lowest BCUT2D eigenvalue weighted by molar-refractivity contribution is 0.201. The van der Waals surface area contributed by atoms with Crippen molar-refractivity contribution in [3.05, 3.63) is 83.9 Å². The molecule has 0 N–H and O–H groups in total. The second-order valence-corrected chi connectivity index (χ2v) is 9.09. The Hall–Kier alpha value is -4.08. The number of fused-ring (bicyclic) bond motifs is 4. The topological polar surface area (TPSA) is 56.8 Å². The fraction of sp³-hybridized carbons (Fsp3) is 0.241. The molecule has 3 heterocycles. The van der Waals surface area contributed by atoms with Crippen molar-refractivity contribution < 1.29 is 4.74 Å². The van der Waals surface area contributed by atoms with E-state index in [1.807, 2.05) is 31.2 Å². The Morgan fingerprint density at radius 2 is 1.71 bits per heavy atom. The number of piperazine rings is 1. The molecular formula is C29H27N5O. The number of hydrogen-bond donors (Lipinski definition) is 0. The van der Waals surface area contributed by atoms with Crippen molar-refractivity contribution in [1.29, 1.82) is 5.26 Å². The molecule has 3 aromatic carbocycles. The molecule has 0 saturated carbocycles. The van der Waals surface area contributed by atoms with Gasteiger partial charge in [-0.1, -0.05) is 48.5 Å². The van der Waals surface area contributed by atoms with Crippen LogP contribution in [0.15, 0.2) is 72.8 Å². The molecule has 0 amide bonds. The Morgan fingerprint density at radius 1 is 0.943 bits per heavy atom. The third-order valence-electron chi connectivity index (χ3n) is 6.98. The Labute approximate surface area is 204 Å². The maximum Gasteiger partial charge on any atom is 0.157 e. The van der Waals surface area contributed by atoms with E-state index in [4.69, 9.17) is 9.72 Å². The first-order valence-electron chi connectivity index (χ1n) is 12.1. The summed E-state index contributed by atoms with van der Waals surface area (Å²) in [7, 11) is 0. The Morgan fingerprint density at radius 3 is 2.57 bits per heavy atom. The normalized spacial score (nSPS) is 14.6. The van der Waals surface area contributed by atoms with Crippen molar-refractivity contribution in [2.24, 2.45) is 0 Å². The van der Waals surface area contributed by atoms with Gasteiger partial charge in [-0.2, -0.15) is 5.26 Å². The largest absolute Gasteiger partial charge is 0.492 e. The van der Waals surface area contributed by atoms with Gasteiger partial charge in [-0.15, -0.1) is 0 Å². The number of imidazole rings is 1. The second kappa shape index (κ2) is 8.94. The third-order valence-corrected chi connectivity index (χ3v) is 6.98. The van der Waals surface area contributed by atoms with Crippen LogP contribution in [0.4, 0.5) is 5.82 Å². The predicted molar refractivity (Wildman–Crippen MR) is 140 cm³/mol. The van der Waals surface area contributed by atoms with Crippen molar-refractivity contribution >= 4 is 33.3 Å². The van der Waals surface area contributed by atoms with E-state index < -0.39 is 0 Å². The smallest absolute Gasteiger partial charge is 0.157 e. The summed E-state index contributed by atoms with van der Waals surface area (Å²) in [5, 5.41) is 12.1. The highest BCUT2D eigenvalue weighted by Crippen LogP contribution is 2.29. The Balaban J connectivity index is 1.17. The number of benzene rings is 3. The van der Waals surface area contributed by atoms with Crippen LogP contribution >= 0.6 is 0 Å². The van der Waals surface area contributed by atoms with Crippen LogP contribution in [-0.4, -0.2) is 53.6 Å². The molecule has 174 valence electrons. The number of nitriles is 1. The molecule has 2 aromatic heterocycles. The lowest BCUT2D eigenvalue weighted by Crippen LogP contribution is -2.48. The monoisotopic (exact) mass is 461 g/mol. The van der Waals surface area contributed by atoms with Crippen LogP contribution in [-0.2, 0) is 0 Å². The average molecular weight is 462 g/mol. The van der Waals surface area contributed by atoms with E-state index in [1.165, 1.54) is 5.39 Å². The van der Waals surface area contributed by atoms with E-state index in [9.17, 15) is 5.26 Å². The number of ether oxygens (including phenoxy) is 1. The van der Waals surface area contributed by atoms with Gasteiger partial charge < -0.3 is 9.64 Å². The van der Waals surface area contributed by atoms with Crippen molar-refractivity contribution in [3.8, 4) is 11.8 Å². The van der Waals surface area contributed by atoms with Crippen LogP contribution in [0.1, 0.15) is 11.1 Å². The highest BCUT2D eigenvalue weighted by molar-refractivity contribution is 5.88. The molecule has 1 aliphatic rings. The summed E-state index contributed by atoms with van der Waals surface area (Å²) in [6, 6.07) is 27.2. The van der Waals surface area contributed by atoms with Crippen LogP contribution < -0.4 is 9.64 Å². The minimum Gasteiger partial charge on any atom is -0.492 e. The highest BCUT2D eigenvalue weighted by atomic mass is 16.5. The van der Waals surface area contributed by atoms with Gasteiger partial charge in [-0.3, -0.25) is 9.30 Å². The molecule has 0 spiro atoms. The van der Waals surface area contributed by atoms with Crippen LogP contribution in [0.3, 0.4) is 0 Å². The summed E-state index contributed by atoms with van der Waals surface area (Å²) >= 11 is 0. The summed E-state index contributed by atoms with van der Waals surface area (Å²) in [6.07, 6.45) is 0. The second-order valence-electron chi connectivity index (χ2n) is 9.09. The zero-order chi connectivity index (χ0) is 23.8. The quantitative estimate of drug-likeness (QED) is 0.368. The number of rotatable bonds is 5. The minimum atomic E-state index is 0.647. The summed E-state index contributed by atoms with van der Waals surface area (Å²) in [5.41, 5.74) is 4.32. The summed E-state index contributed by atoms with van der Waals surface area (Å²) < 4.78 is 8.32. The molecule has 5 aromatic rings. The number of pyridine rings is 1. The van der Waals surface area contributed by atoms with Gasteiger partial charge in [0.25, 0.3) is 0 Å². The number of anilines is 1. The van der Waals surface area contributed by atoms with E-state index in [0.29, 0.717) is 12.2 Å². The van der Waals surface area contributed by atoms with Gasteiger partial charge in [0.1, 0.15) is 24.2 Å². The van der Waals surface area contributed by atoms with E-state index >= 15 is 0 Å². The van der Waals surface area contributed by atoms with Gasteiger partial charge in [0.2, 0.25) is 0 Å². The molecule has 1 aliphatic heterocycles. The summed E-state index contributed by atoms with van der Waals surface area (Å²) in [6.45, 7) is 7.33. The molecular weight excluding hydrogens is 434 g/mol. The van der Waals surface area contributed by atoms with E-state index in [2.05, 4.69) is 68.8 Å². The first-order valence-corrected chi connectivity index (χ1v) is 12.1. The zero-order valence-corrected chi connectivity index (χ0v) is 19.8. The predicted octanol–water partition coefficient (Wildman–Crippen LogP) is 5.02. The SMILES string of the molecule is Cc1cc(N2CCN(CCOc3cccc4ccccc34)CC2)n2c(nc3ccccc32)c1C#N. The lowest BCUT2D eigenvalue weighted by atomic mass is 10.1. The van der Waals surface area contributed by atoms with Crippen LogP contribution in [0.2, 0.25) is 0 Å². The molecule has 6 heteroatoms. The standard InChI is InChI=1S/C29H27N5O/c1-21-19-28(34-26-11-5-4-10-25(26)31-29(34)24(21)20-30)33-15-13-32(14-16-33)17-18-35-27-12-6-8-22-7-2-3-9-23(22)27/h2-12,19H,13-18H2,1H3. The molecule has 0 aliphatic carbocycles. The number of para-hydroxylation sites is 2.